The van der Waals surface area contributed by atoms with Gasteiger partial charge in [-0.1, -0.05) is 188 Å². The number of thiophene rings is 1. The molecule has 1 aliphatic heterocycles. The molecule has 0 saturated carbocycles. The molecule has 6 aromatic rings. The van der Waals surface area contributed by atoms with Crippen LogP contribution in [0.2, 0.25) is 0 Å². The molecule has 1 aromatic heterocycles. The number of allylic oxidation sites excluding steroid dienone is 9. The topological polar surface area (TPSA) is 36.8 Å². The molecule has 0 fully saturated rings. The van der Waals surface area contributed by atoms with E-state index in [2.05, 4.69) is 176 Å². The second-order valence-corrected chi connectivity index (χ2v) is 15.3. The van der Waals surface area contributed by atoms with Crippen molar-refractivity contribution in [3.63, 3.8) is 0 Å². The van der Waals surface area contributed by atoms with E-state index in [0.717, 1.165) is 75.2 Å². The summed E-state index contributed by atoms with van der Waals surface area (Å²) in [6.45, 7) is 18.9. The zero-order valence-electron chi connectivity index (χ0n) is 38.0. The van der Waals surface area contributed by atoms with Crippen LogP contribution in [0.3, 0.4) is 0 Å². The van der Waals surface area contributed by atoms with E-state index in [9.17, 15) is 0 Å². The Morgan fingerprint density at radius 2 is 1.45 bits per heavy atom. The van der Waals surface area contributed by atoms with Crippen LogP contribution >= 0.6 is 11.3 Å². The van der Waals surface area contributed by atoms with Crippen molar-refractivity contribution in [2.24, 2.45) is 9.98 Å². The molecule has 8 rings (SSSR count). The van der Waals surface area contributed by atoms with Gasteiger partial charge < -0.3 is 5.32 Å². The fourth-order valence-corrected chi connectivity index (χ4v) is 8.69. The first-order chi connectivity index (χ1) is 30.6. The number of hydrogen-bond donors (Lipinski definition) is 1. The molecule has 1 N–H and O–H groups in total. The molecule has 5 aromatic carbocycles. The quantitative estimate of drug-likeness (QED) is 0.126. The number of benzene rings is 5. The summed E-state index contributed by atoms with van der Waals surface area (Å²) in [5.41, 5.74) is 15.0. The van der Waals surface area contributed by atoms with E-state index in [1.54, 1.807) is 24.6 Å². The fourth-order valence-electron chi connectivity index (χ4n) is 7.50. The molecule has 0 radical (unpaired) electrons. The third-order valence-corrected chi connectivity index (χ3v) is 11.6. The first-order valence-electron chi connectivity index (χ1n) is 22.3. The van der Waals surface area contributed by atoms with Gasteiger partial charge in [0.15, 0.2) is 0 Å². The predicted molar refractivity (Wildman–Crippen MR) is 279 cm³/mol. The number of nitrogens with zero attached hydrogens (tertiary/aromatic N) is 2. The summed E-state index contributed by atoms with van der Waals surface area (Å²) in [6.07, 6.45) is 21.6. The second kappa shape index (κ2) is 24.2. The summed E-state index contributed by atoms with van der Waals surface area (Å²) in [5.74, 6) is 0. The summed E-state index contributed by atoms with van der Waals surface area (Å²) in [5, 5.41) is 5.13. The molecule has 1 aliphatic carbocycles. The van der Waals surface area contributed by atoms with Crippen LogP contribution in [0.5, 0.6) is 0 Å². The summed E-state index contributed by atoms with van der Waals surface area (Å²) in [7, 11) is 1.77. The number of aliphatic imine (C=N–C) groups is 2. The van der Waals surface area contributed by atoms with Gasteiger partial charge in [0.25, 0.3) is 0 Å². The molecule has 1 unspecified atom stereocenters. The SMILES string of the molecule is C=C1CCC/C=C(\C)c2ccccc2/C=C/C=C\1c1cc(-c2ccc(/C=C/C=C\C=NC)cc2)cc(C2N=C(c3ccccc3)c3sc4ccccc4c3N2)c1.CC.CC.CC. The van der Waals surface area contributed by atoms with Crippen LogP contribution in [-0.4, -0.2) is 19.0 Å². The molecule has 0 spiro atoms. The van der Waals surface area contributed by atoms with Gasteiger partial charge in [-0.05, 0) is 112 Å². The Kier molecular flexibility index (Phi) is 18.2. The van der Waals surface area contributed by atoms with Crippen LogP contribution in [0, 0.1) is 0 Å². The van der Waals surface area contributed by atoms with Gasteiger partial charge in [0, 0.05) is 28.9 Å². The molecule has 2 aliphatic rings. The number of anilines is 1. The first kappa shape index (κ1) is 46.7. The fraction of sp³-hybridized carbons (Fsp3) is 0.207. The van der Waals surface area contributed by atoms with Gasteiger partial charge in [0.1, 0.15) is 6.17 Å². The van der Waals surface area contributed by atoms with Crippen molar-refractivity contribution < 1.29 is 0 Å². The van der Waals surface area contributed by atoms with E-state index >= 15 is 0 Å². The van der Waals surface area contributed by atoms with Gasteiger partial charge in [-0.15, -0.1) is 11.3 Å². The maximum absolute atomic E-state index is 5.51. The highest BCUT2D eigenvalue weighted by atomic mass is 32.1. The van der Waals surface area contributed by atoms with Gasteiger partial charge in [-0.25, -0.2) is 0 Å². The second-order valence-electron chi connectivity index (χ2n) is 14.2. The lowest BCUT2D eigenvalue weighted by molar-refractivity contribution is 0.831. The van der Waals surface area contributed by atoms with Gasteiger partial charge in [0.2, 0.25) is 0 Å². The van der Waals surface area contributed by atoms with Gasteiger partial charge >= 0.3 is 0 Å². The normalized spacial score (nSPS) is 17.1. The standard InChI is InChI=1S/C52H45N3S.3C2H6/c1-36-17-9-10-18-37(2)46(26-16-23-40-20-11-12-24-45(36)40)43-33-42(39-30-28-38(29-31-39)19-6-5-15-32-53-3)34-44(35-43)52-54-49(41-21-7-4-8-22-41)51-50(55-52)47-25-13-14-27-48(47)56-51;3*1-2/h4-8,11-17,19-35,52,55H,2,9-10,18H2,1,3H3;3*1-2H3/b15-5-,19-6+,23-16+,36-17+,46-26+,53-32?;;;. The molecule has 2 heterocycles. The van der Waals surface area contributed by atoms with Crippen LogP contribution in [-0.2, 0) is 0 Å². The zero-order valence-corrected chi connectivity index (χ0v) is 38.8. The van der Waals surface area contributed by atoms with E-state index in [0.29, 0.717) is 0 Å². The maximum Gasteiger partial charge on any atom is 0.145 e. The molecule has 0 saturated heterocycles. The number of fused-ring (bicyclic) bond motifs is 4. The van der Waals surface area contributed by atoms with Crippen molar-refractivity contribution in [1.82, 2.24) is 0 Å². The van der Waals surface area contributed by atoms with Gasteiger partial charge in [0.05, 0.1) is 16.3 Å². The Morgan fingerprint density at radius 1 is 0.742 bits per heavy atom. The van der Waals surface area contributed by atoms with Crippen molar-refractivity contribution >= 4 is 62.3 Å². The van der Waals surface area contributed by atoms with E-state index in [4.69, 9.17) is 4.99 Å². The molecule has 0 bridgehead atoms. The highest BCUT2D eigenvalue weighted by molar-refractivity contribution is 7.22. The molecular weight excluding hydrogens is 771 g/mol. The van der Waals surface area contributed by atoms with Crippen molar-refractivity contribution in [3.8, 4) is 11.1 Å². The molecule has 0 amide bonds. The minimum atomic E-state index is -0.300. The largest absolute Gasteiger partial charge is 0.358 e. The van der Waals surface area contributed by atoms with Gasteiger partial charge in [-0.3, -0.25) is 9.98 Å². The average molecular weight is 834 g/mol. The van der Waals surface area contributed by atoms with E-state index < -0.39 is 0 Å². The van der Waals surface area contributed by atoms with Crippen LogP contribution < -0.4 is 5.32 Å². The smallest absolute Gasteiger partial charge is 0.145 e. The molecule has 3 nitrogen and oxygen atoms in total. The molecule has 316 valence electrons. The Morgan fingerprint density at radius 3 is 2.23 bits per heavy atom. The number of hydrogen-bond acceptors (Lipinski definition) is 4. The van der Waals surface area contributed by atoms with Crippen molar-refractivity contribution in [2.75, 3.05) is 12.4 Å². The number of rotatable bonds is 7. The Labute approximate surface area is 376 Å². The van der Waals surface area contributed by atoms with Crippen LogP contribution in [0.25, 0.3) is 44.5 Å². The van der Waals surface area contributed by atoms with Crippen LogP contribution in [0.1, 0.15) is 112 Å². The minimum absolute atomic E-state index is 0.300. The third kappa shape index (κ3) is 11.5. The minimum Gasteiger partial charge on any atom is -0.358 e. The van der Waals surface area contributed by atoms with Crippen molar-refractivity contribution in [2.45, 2.75) is 73.9 Å². The third-order valence-electron chi connectivity index (χ3n) is 10.4. The lowest BCUT2D eigenvalue weighted by Crippen LogP contribution is -2.19. The average Bonchev–Trinajstić information content (AvgIpc) is 3.72. The Hall–Kier alpha value is -6.36. The molecular formula is C58H63N3S. The first-order valence-corrected chi connectivity index (χ1v) is 23.1. The van der Waals surface area contributed by atoms with Crippen molar-refractivity contribution in [1.29, 1.82) is 0 Å². The zero-order chi connectivity index (χ0) is 44.3. The summed E-state index contributed by atoms with van der Waals surface area (Å²) in [6, 6.07) is 43.7. The number of nitrogens with one attached hydrogen (secondary N) is 1. The van der Waals surface area contributed by atoms with Crippen LogP contribution in [0.15, 0.2) is 180 Å². The van der Waals surface area contributed by atoms with E-state index in [1.165, 1.54) is 31.7 Å². The summed E-state index contributed by atoms with van der Waals surface area (Å²) < 4.78 is 1.25. The summed E-state index contributed by atoms with van der Waals surface area (Å²) in [4.78, 5) is 10.7. The summed E-state index contributed by atoms with van der Waals surface area (Å²) >= 11 is 1.80. The predicted octanol–water partition coefficient (Wildman–Crippen LogP) is 17.1. The highest BCUT2D eigenvalue weighted by Gasteiger charge is 2.27. The van der Waals surface area contributed by atoms with Crippen LogP contribution in [0.4, 0.5) is 5.69 Å². The molecule has 4 heteroatoms. The monoisotopic (exact) mass is 833 g/mol. The van der Waals surface area contributed by atoms with Crippen molar-refractivity contribution in [3.05, 3.63) is 208 Å². The maximum atomic E-state index is 5.51. The lowest BCUT2D eigenvalue weighted by atomic mass is 9.89. The Bertz CT molecular complexity index is 2610. The molecule has 62 heavy (non-hydrogen) atoms. The Balaban J connectivity index is 0.00000116. The van der Waals surface area contributed by atoms with E-state index in [1.807, 2.05) is 59.8 Å². The van der Waals surface area contributed by atoms with E-state index in [-0.39, 0.29) is 6.17 Å². The molecule has 1 atom stereocenters. The lowest BCUT2D eigenvalue weighted by Gasteiger charge is -2.26. The highest BCUT2D eigenvalue weighted by Crippen LogP contribution is 2.44. The van der Waals surface area contributed by atoms with Gasteiger partial charge in [-0.2, -0.15) is 0 Å².